The molecule has 0 aliphatic carbocycles. The van der Waals surface area contributed by atoms with Gasteiger partial charge in [-0.1, -0.05) is 153 Å². The largest absolute Gasteiger partial charge is 0.481 e. The SMILES string of the molecule is CC/C=C\C/C=C\C/C=C\CCCCCCCCCCCC(=O)OC(CCCCCCCCCCCC)CCCCC(=O)O. The van der Waals surface area contributed by atoms with Crippen molar-refractivity contribution >= 4 is 11.9 Å². The highest BCUT2D eigenvalue weighted by molar-refractivity contribution is 5.69. The predicted molar refractivity (Wildman–Crippen MR) is 190 cm³/mol. The smallest absolute Gasteiger partial charge is 0.306 e. The first kappa shape index (κ1) is 42.2. The van der Waals surface area contributed by atoms with Gasteiger partial charge in [0.15, 0.2) is 0 Å². The molecule has 0 aliphatic heterocycles. The van der Waals surface area contributed by atoms with Gasteiger partial charge in [0.05, 0.1) is 0 Å². The fourth-order valence-electron chi connectivity index (χ4n) is 5.61. The molecule has 4 nitrogen and oxygen atoms in total. The van der Waals surface area contributed by atoms with Crippen molar-refractivity contribution in [1.82, 2.24) is 0 Å². The van der Waals surface area contributed by atoms with Crippen LogP contribution in [-0.2, 0) is 14.3 Å². The van der Waals surface area contributed by atoms with Crippen molar-refractivity contribution in [1.29, 1.82) is 0 Å². The maximum Gasteiger partial charge on any atom is 0.306 e. The van der Waals surface area contributed by atoms with Crippen LogP contribution in [0.25, 0.3) is 0 Å². The molecular formula is C40H72O4. The van der Waals surface area contributed by atoms with Crippen molar-refractivity contribution in [2.75, 3.05) is 0 Å². The second-order valence-electron chi connectivity index (χ2n) is 12.7. The summed E-state index contributed by atoms with van der Waals surface area (Å²) < 4.78 is 5.88. The van der Waals surface area contributed by atoms with Crippen molar-refractivity contribution in [2.24, 2.45) is 0 Å². The number of carbonyl (C=O) groups is 2. The normalized spacial score (nSPS) is 12.6. The molecule has 0 rings (SSSR count). The number of rotatable bonds is 34. The zero-order valence-corrected chi connectivity index (χ0v) is 29.2. The average molecular weight is 617 g/mol. The van der Waals surface area contributed by atoms with Crippen molar-refractivity contribution in [3.63, 3.8) is 0 Å². The van der Waals surface area contributed by atoms with E-state index in [9.17, 15) is 9.59 Å². The first-order valence-corrected chi connectivity index (χ1v) is 19.0. The molecule has 0 aromatic heterocycles. The van der Waals surface area contributed by atoms with Crippen LogP contribution < -0.4 is 0 Å². The van der Waals surface area contributed by atoms with Gasteiger partial charge >= 0.3 is 11.9 Å². The Labute approximate surface area is 273 Å². The van der Waals surface area contributed by atoms with Crippen LogP contribution >= 0.6 is 0 Å². The van der Waals surface area contributed by atoms with Gasteiger partial charge < -0.3 is 9.84 Å². The third kappa shape index (κ3) is 34.6. The molecule has 0 bridgehead atoms. The summed E-state index contributed by atoms with van der Waals surface area (Å²) in [6.45, 7) is 4.43. The van der Waals surface area contributed by atoms with E-state index in [1.165, 1.54) is 109 Å². The summed E-state index contributed by atoms with van der Waals surface area (Å²) in [5, 5.41) is 8.92. The minimum atomic E-state index is -0.744. The number of hydrogen-bond acceptors (Lipinski definition) is 3. The predicted octanol–water partition coefficient (Wildman–Crippen LogP) is 13.0. The summed E-state index contributed by atoms with van der Waals surface area (Å²) in [5.41, 5.74) is 0. The van der Waals surface area contributed by atoms with Gasteiger partial charge in [-0.15, -0.1) is 0 Å². The quantitative estimate of drug-likeness (QED) is 0.0444. The fraction of sp³-hybridized carbons (Fsp3) is 0.800. The van der Waals surface area contributed by atoms with Crippen molar-refractivity contribution in [2.45, 2.75) is 206 Å². The number of carboxylic acids is 1. The van der Waals surface area contributed by atoms with Crippen LogP contribution in [0.2, 0.25) is 0 Å². The zero-order chi connectivity index (χ0) is 32.2. The van der Waals surface area contributed by atoms with Gasteiger partial charge in [-0.2, -0.15) is 0 Å². The van der Waals surface area contributed by atoms with E-state index in [0.29, 0.717) is 12.8 Å². The molecule has 0 spiro atoms. The number of ether oxygens (including phenoxy) is 1. The highest BCUT2D eigenvalue weighted by Crippen LogP contribution is 2.18. The molecule has 0 radical (unpaired) electrons. The first-order valence-electron chi connectivity index (χ1n) is 19.0. The molecule has 0 aromatic rings. The number of unbranched alkanes of at least 4 members (excludes halogenated alkanes) is 19. The molecule has 1 unspecified atom stereocenters. The number of aliphatic carboxylic acids is 1. The number of allylic oxidation sites excluding steroid dienone is 6. The van der Waals surface area contributed by atoms with Crippen LogP contribution in [0.3, 0.4) is 0 Å². The van der Waals surface area contributed by atoms with Crippen LogP contribution in [-0.4, -0.2) is 23.1 Å². The van der Waals surface area contributed by atoms with E-state index in [2.05, 4.69) is 50.3 Å². The minimum absolute atomic E-state index is 0.0457. The number of hydrogen-bond donors (Lipinski definition) is 1. The fourth-order valence-corrected chi connectivity index (χ4v) is 5.61. The summed E-state index contributed by atoms with van der Waals surface area (Å²) in [7, 11) is 0. The second kappa shape index (κ2) is 35.6. The Morgan fingerprint density at radius 3 is 1.50 bits per heavy atom. The van der Waals surface area contributed by atoms with Crippen molar-refractivity contribution in [3.8, 4) is 0 Å². The highest BCUT2D eigenvalue weighted by Gasteiger charge is 2.14. The van der Waals surface area contributed by atoms with E-state index in [4.69, 9.17) is 9.84 Å². The van der Waals surface area contributed by atoms with Crippen LogP contribution in [0.15, 0.2) is 36.5 Å². The Balaban J connectivity index is 3.83. The van der Waals surface area contributed by atoms with Crippen LogP contribution in [0.5, 0.6) is 0 Å². The molecule has 0 fully saturated rings. The topological polar surface area (TPSA) is 63.6 Å². The van der Waals surface area contributed by atoms with Gasteiger partial charge in [-0.3, -0.25) is 9.59 Å². The van der Waals surface area contributed by atoms with E-state index in [1.807, 2.05) is 0 Å². The second-order valence-corrected chi connectivity index (χ2v) is 12.7. The van der Waals surface area contributed by atoms with Gasteiger partial charge in [0.25, 0.3) is 0 Å². The van der Waals surface area contributed by atoms with E-state index in [1.54, 1.807) is 0 Å². The van der Waals surface area contributed by atoms with E-state index in [0.717, 1.165) is 57.8 Å². The summed E-state index contributed by atoms with van der Waals surface area (Å²) in [4.78, 5) is 23.4. The third-order valence-corrected chi connectivity index (χ3v) is 8.38. The summed E-state index contributed by atoms with van der Waals surface area (Å²) >= 11 is 0. The van der Waals surface area contributed by atoms with Crippen LogP contribution in [0.1, 0.15) is 200 Å². The molecular weight excluding hydrogens is 544 g/mol. The van der Waals surface area contributed by atoms with Crippen LogP contribution in [0, 0.1) is 0 Å². The number of carboxylic acid groups (broad SMARTS) is 1. The Hall–Kier alpha value is -1.84. The lowest BCUT2D eigenvalue weighted by Gasteiger charge is -2.18. The number of esters is 1. The number of carbonyl (C=O) groups excluding carboxylic acids is 1. The molecule has 4 heteroatoms. The lowest BCUT2D eigenvalue weighted by molar-refractivity contribution is -0.150. The summed E-state index contributed by atoms with van der Waals surface area (Å²) in [5.74, 6) is -0.805. The Kier molecular flexibility index (Phi) is 34.1. The Morgan fingerprint density at radius 1 is 0.523 bits per heavy atom. The lowest BCUT2D eigenvalue weighted by atomic mass is 10.0. The molecule has 0 aromatic carbocycles. The van der Waals surface area contributed by atoms with Gasteiger partial charge in [0.1, 0.15) is 6.10 Å². The van der Waals surface area contributed by atoms with Gasteiger partial charge in [-0.05, 0) is 70.6 Å². The molecule has 1 atom stereocenters. The van der Waals surface area contributed by atoms with Crippen molar-refractivity contribution in [3.05, 3.63) is 36.5 Å². The zero-order valence-electron chi connectivity index (χ0n) is 29.2. The molecule has 44 heavy (non-hydrogen) atoms. The summed E-state index contributed by atoms with van der Waals surface area (Å²) in [6, 6.07) is 0. The molecule has 256 valence electrons. The lowest BCUT2D eigenvalue weighted by Crippen LogP contribution is -2.18. The molecule has 0 heterocycles. The molecule has 0 aliphatic rings. The van der Waals surface area contributed by atoms with E-state index >= 15 is 0 Å². The monoisotopic (exact) mass is 617 g/mol. The molecule has 1 N–H and O–H groups in total. The summed E-state index contributed by atoms with van der Waals surface area (Å²) in [6.07, 6.45) is 45.9. The molecule has 0 saturated carbocycles. The Bertz CT molecular complexity index is 708. The molecule has 0 saturated heterocycles. The standard InChI is InChI=1S/C40H72O4/c1-3-5-7-9-11-13-15-16-17-18-19-20-21-22-23-25-27-29-31-37-40(43)44-38(35-32-33-36-39(41)42)34-30-28-26-24-14-12-10-8-6-4-2/h5,7,11,13,16-17,38H,3-4,6,8-10,12,14-15,18-37H2,1-2H3,(H,41,42)/b7-5-,13-11-,17-16-. The maximum absolute atomic E-state index is 12.5. The van der Waals surface area contributed by atoms with E-state index in [-0.39, 0.29) is 18.5 Å². The molecule has 0 amide bonds. The average Bonchev–Trinajstić information content (AvgIpc) is 3.01. The van der Waals surface area contributed by atoms with Gasteiger partial charge in [0, 0.05) is 12.8 Å². The maximum atomic E-state index is 12.5. The van der Waals surface area contributed by atoms with Gasteiger partial charge in [-0.25, -0.2) is 0 Å². The van der Waals surface area contributed by atoms with Gasteiger partial charge in [0.2, 0.25) is 0 Å². The van der Waals surface area contributed by atoms with Crippen molar-refractivity contribution < 1.29 is 19.4 Å². The minimum Gasteiger partial charge on any atom is -0.481 e. The first-order chi connectivity index (χ1) is 21.6. The van der Waals surface area contributed by atoms with E-state index < -0.39 is 5.97 Å². The Morgan fingerprint density at radius 2 is 0.955 bits per heavy atom. The third-order valence-electron chi connectivity index (χ3n) is 8.38. The van der Waals surface area contributed by atoms with Crippen LogP contribution in [0.4, 0.5) is 0 Å². The highest BCUT2D eigenvalue weighted by atomic mass is 16.5.